The maximum Gasteiger partial charge on any atom is 0.142 e. The summed E-state index contributed by atoms with van der Waals surface area (Å²) >= 11 is 0. The second kappa shape index (κ2) is 5.45. The minimum atomic E-state index is 0.161. The molecule has 2 heterocycles. The number of ether oxygens (including phenoxy) is 1. The van der Waals surface area contributed by atoms with E-state index in [1.165, 1.54) is 37.2 Å². The lowest BCUT2D eigenvalue weighted by Crippen LogP contribution is -2.58. The van der Waals surface area contributed by atoms with Gasteiger partial charge in [0.25, 0.3) is 0 Å². The first-order chi connectivity index (χ1) is 10.3. The summed E-state index contributed by atoms with van der Waals surface area (Å²) < 4.78 is 5.69. The van der Waals surface area contributed by atoms with Crippen molar-refractivity contribution >= 4 is 5.69 Å². The fraction of sp³-hybridized carbons (Fsp3) is 0.684. The average molecular weight is 302 g/mol. The Bertz CT molecular complexity index is 531. The Balaban J connectivity index is 1.75. The van der Waals surface area contributed by atoms with Crippen LogP contribution in [0.2, 0.25) is 0 Å². The number of hydrogen-bond donors (Lipinski definition) is 0. The molecule has 0 atom stereocenters. The SMILES string of the molecule is COc1cc(C(C)(C)C)ccc1N1CCC2(CC1)CN(C)C2. The van der Waals surface area contributed by atoms with Gasteiger partial charge in [-0.2, -0.15) is 0 Å². The van der Waals surface area contributed by atoms with Crippen molar-refractivity contribution in [2.45, 2.75) is 39.0 Å². The fourth-order valence-electron chi connectivity index (χ4n) is 4.04. The first kappa shape index (κ1) is 15.7. The lowest BCUT2D eigenvalue weighted by atomic mass is 9.72. The molecule has 0 aliphatic carbocycles. The Morgan fingerprint density at radius 1 is 1.09 bits per heavy atom. The number of hydrogen-bond acceptors (Lipinski definition) is 3. The Hall–Kier alpha value is -1.22. The Morgan fingerprint density at radius 3 is 2.23 bits per heavy atom. The van der Waals surface area contributed by atoms with Gasteiger partial charge in [0.1, 0.15) is 5.75 Å². The molecular weight excluding hydrogens is 272 g/mol. The monoisotopic (exact) mass is 302 g/mol. The zero-order valence-electron chi connectivity index (χ0n) is 14.8. The predicted octanol–water partition coefficient (Wildman–Crippen LogP) is 3.52. The summed E-state index contributed by atoms with van der Waals surface area (Å²) in [6, 6.07) is 6.74. The molecule has 1 aromatic rings. The van der Waals surface area contributed by atoms with Crippen molar-refractivity contribution in [3.05, 3.63) is 23.8 Å². The van der Waals surface area contributed by atoms with Crippen LogP contribution in [0.1, 0.15) is 39.2 Å². The summed E-state index contributed by atoms with van der Waals surface area (Å²) in [6.45, 7) is 11.6. The Morgan fingerprint density at radius 2 is 1.73 bits per heavy atom. The molecule has 0 saturated carbocycles. The second-order valence-corrected chi connectivity index (χ2v) is 8.30. The van der Waals surface area contributed by atoms with Crippen LogP contribution >= 0.6 is 0 Å². The van der Waals surface area contributed by atoms with E-state index in [4.69, 9.17) is 4.74 Å². The second-order valence-electron chi connectivity index (χ2n) is 8.30. The molecular formula is C19H30N2O. The smallest absolute Gasteiger partial charge is 0.142 e. The van der Waals surface area contributed by atoms with Crippen LogP contribution in [0.15, 0.2) is 18.2 Å². The van der Waals surface area contributed by atoms with Crippen molar-refractivity contribution in [1.29, 1.82) is 0 Å². The van der Waals surface area contributed by atoms with Crippen molar-refractivity contribution in [2.24, 2.45) is 5.41 Å². The van der Waals surface area contributed by atoms with Crippen LogP contribution in [-0.2, 0) is 5.41 Å². The van der Waals surface area contributed by atoms with Gasteiger partial charge in [-0.15, -0.1) is 0 Å². The zero-order valence-corrected chi connectivity index (χ0v) is 14.8. The normalized spacial score (nSPS) is 21.8. The highest BCUT2D eigenvalue weighted by molar-refractivity contribution is 5.60. The third-order valence-corrected chi connectivity index (χ3v) is 5.42. The first-order valence-corrected chi connectivity index (χ1v) is 8.45. The van der Waals surface area contributed by atoms with E-state index in [0.29, 0.717) is 5.41 Å². The molecule has 1 aromatic carbocycles. The fourth-order valence-corrected chi connectivity index (χ4v) is 4.04. The van der Waals surface area contributed by atoms with Gasteiger partial charge in [-0.3, -0.25) is 0 Å². The summed E-state index contributed by atoms with van der Waals surface area (Å²) in [5, 5.41) is 0. The average Bonchev–Trinajstić information content (AvgIpc) is 2.45. The molecule has 122 valence electrons. The maximum absolute atomic E-state index is 5.69. The maximum atomic E-state index is 5.69. The van der Waals surface area contributed by atoms with Crippen molar-refractivity contribution in [3.63, 3.8) is 0 Å². The van der Waals surface area contributed by atoms with E-state index in [1.807, 2.05) is 0 Å². The topological polar surface area (TPSA) is 15.7 Å². The molecule has 0 amide bonds. The van der Waals surface area contributed by atoms with E-state index in [2.05, 4.69) is 55.8 Å². The van der Waals surface area contributed by atoms with E-state index >= 15 is 0 Å². The molecule has 0 unspecified atom stereocenters. The number of anilines is 1. The molecule has 2 saturated heterocycles. The molecule has 3 rings (SSSR count). The van der Waals surface area contributed by atoms with Crippen LogP contribution < -0.4 is 9.64 Å². The first-order valence-electron chi connectivity index (χ1n) is 8.45. The third kappa shape index (κ3) is 2.83. The van der Waals surface area contributed by atoms with Gasteiger partial charge < -0.3 is 14.5 Å². The quantitative estimate of drug-likeness (QED) is 0.831. The van der Waals surface area contributed by atoms with E-state index in [9.17, 15) is 0 Å². The van der Waals surface area contributed by atoms with Gasteiger partial charge in [0.15, 0.2) is 0 Å². The Kier molecular flexibility index (Phi) is 3.88. The molecule has 3 nitrogen and oxygen atoms in total. The number of likely N-dealkylation sites (tertiary alicyclic amines) is 1. The molecule has 0 radical (unpaired) electrons. The summed E-state index contributed by atoms with van der Waals surface area (Å²) in [6.07, 6.45) is 2.61. The number of piperidine rings is 1. The van der Waals surface area contributed by atoms with Crippen LogP contribution in [-0.4, -0.2) is 45.2 Å². The number of benzene rings is 1. The van der Waals surface area contributed by atoms with Crippen molar-refractivity contribution in [2.75, 3.05) is 45.2 Å². The number of rotatable bonds is 2. The highest BCUT2D eigenvalue weighted by Gasteiger charge is 2.43. The minimum absolute atomic E-state index is 0.161. The molecule has 2 aliphatic heterocycles. The molecule has 22 heavy (non-hydrogen) atoms. The predicted molar refractivity (Wildman–Crippen MR) is 93.1 cm³/mol. The van der Waals surface area contributed by atoms with Gasteiger partial charge in [-0.25, -0.2) is 0 Å². The molecule has 0 bridgehead atoms. The van der Waals surface area contributed by atoms with Crippen molar-refractivity contribution in [3.8, 4) is 5.75 Å². The summed E-state index contributed by atoms with van der Waals surface area (Å²) in [7, 11) is 4.02. The summed E-state index contributed by atoms with van der Waals surface area (Å²) in [5.74, 6) is 1.02. The molecule has 0 N–H and O–H groups in total. The van der Waals surface area contributed by atoms with Gasteiger partial charge in [0.05, 0.1) is 12.8 Å². The van der Waals surface area contributed by atoms with Gasteiger partial charge in [-0.1, -0.05) is 26.8 Å². The van der Waals surface area contributed by atoms with E-state index in [0.717, 1.165) is 18.8 Å². The molecule has 2 fully saturated rings. The van der Waals surface area contributed by atoms with Crippen LogP contribution in [0.3, 0.4) is 0 Å². The van der Waals surface area contributed by atoms with Gasteiger partial charge in [0.2, 0.25) is 0 Å². The van der Waals surface area contributed by atoms with Crippen LogP contribution in [0.5, 0.6) is 5.75 Å². The van der Waals surface area contributed by atoms with Crippen molar-refractivity contribution < 1.29 is 4.74 Å². The van der Waals surface area contributed by atoms with E-state index < -0.39 is 0 Å². The number of methoxy groups -OCH3 is 1. The lowest BCUT2D eigenvalue weighted by Gasteiger charge is -2.53. The minimum Gasteiger partial charge on any atom is -0.495 e. The number of nitrogens with zero attached hydrogens (tertiary/aromatic N) is 2. The van der Waals surface area contributed by atoms with E-state index in [1.54, 1.807) is 7.11 Å². The van der Waals surface area contributed by atoms with E-state index in [-0.39, 0.29) is 5.41 Å². The molecule has 2 aliphatic rings. The third-order valence-electron chi connectivity index (χ3n) is 5.42. The largest absolute Gasteiger partial charge is 0.495 e. The van der Waals surface area contributed by atoms with Crippen molar-refractivity contribution in [1.82, 2.24) is 4.90 Å². The van der Waals surface area contributed by atoms with Crippen LogP contribution in [0.4, 0.5) is 5.69 Å². The van der Waals surface area contributed by atoms with Gasteiger partial charge >= 0.3 is 0 Å². The highest BCUT2D eigenvalue weighted by atomic mass is 16.5. The molecule has 1 spiro atoms. The summed E-state index contributed by atoms with van der Waals surface area (Å²) in [5.41, 5.74) is 3.36. The van der Waals surface area contributed by atoms with Crippen LogP contribution in [0.25, 0.3) is 0 Å². The highest BCUT2D eigenvalue weighted by Crippen LogP contribution is 2.42. The lowest BCUT2D eigenvalue weighted by molar-refractivity contribution is 0.00126. The molecule has 0 aromatic heterocycles. The van der Waals surface area contributed by atoms with Gasteiger partial charge in [0, 0.05) is 26.2 Å². The van der Waals surface area contributed by atoms with Crippen LogP contribution in [0, 0.1) is 5.41 Å². The Labute approximate surface area is 135 Å². The zero-order chi connectivity index (χ0) is 16.0. The summed E-state index contributed by atoms with van der Waals surface area (Å²) in [4.78, 5) is 4.95. The molecule has 3 heteroatoms. The standard InChI is InChI=1S/C19H30N2O/c1-18(2,3)15-6-7-16(17(12-15)22-5)21-10-8-19(9-11-21)13-20(4)14-19/h6-7,12H,8-11,13-14H2,1-5H3. The van der Waals surface area contributed by atoms with Gasteiger partial charge in [-0.05, 0) is 48.4 Å².